The van der Waals surface area contributed by atoms with Gasteiger partial charge in [-0.1, -0.05) is 48.0 Å². The Labute approximate surface area is 118 Å². The van der Waals surface area contributed by atoms with Gasteiger partial charge in [0.15, 0.2) is 6.10 Å². The van der Waals surface area contributed by atoms with Gasteiger partial charge in [-0.15, -0.1) is 0 Å². The Morgan fingerprint density at radius 2 is 1.60 bits per heavy atom. The van der Waals surface area contributed by atoms with Crippen LogP contribution >= 0.6 is 0 Å². The van der Waals surface area contributed by atoms with Crippen LogP contribution in [-0.2, 0) is 4.74 Å². The summed E-state index contributed by atoms with van der Waals surface area (Å²) in [4.78, 5) is 24.1. The maximum absolute atomic E-state index is 12.1. The molecule has 0 saturated heterocycles. The molecule has 0 bridgehead atoms. The highest BCUT2D eigenvalue weighted by Crippen LogP contribution is 2.10. The minimum atomic E-state index is -0.801. The van der Waals surface area contributed by atoms with Crippen molar-refractivity contribution in [2.24, 2.45) is 0 Å². The number of hydrogen-bond donors (Lipinski definition) is 0. The fourth-order valence-corrected chi connectivity index (χ4v) is 1.89. The Hall–Kier alpha value is -2.42. The Morgan fingerprint density at radius 1 is 0.950 bits per heavy atom. The number of hydrogen-bond acceptors (Lipinski definition) is 3. The van der Waals surface area contributed by atoms with Crippen LogP contribution in [0, 0.1) is 6.92 Å². The third kappa shape index (κ3) is 3.32. The summed E-state index contributed by atoms with van der Waals surface area (Å²) in [5.41, 5.74) is 1.97. The van der Waals surface area contributed by atoms with Gasteiger partial charge in [0, 0.05) is 5.56 Å². The second-order valence-corrected chi connectivity index (χ2v) is 4.65. The van der Waals surface area contributed by atoms with E-state index in [0.717, 1.165) is 5.56 Å². The maximum atomic E-state index is 12.1. The van der Waals surface area contributed by atoms with Crippen molar-refractivity contribution in [1.29, 1.82) is 0 Å². The smallest absolute Gasteiger partial charge is 0.338 e. The average molecular weight is 268 g/mol. The standard InChI is InChI=1S/C17H16O3/c1-12-7-6-10-15(11-12)17(19)20-13(2)16(18)14-8-4-3-5-9-14/h3-11,13H,1-2H3/t13-/m0/s1. The van der Waals surface area contributed by atoms with Crippen LogP contribution in [0.15, 0.2) is 54.6 Å². The van der Waals surface area contributed by atoms with Crippen LogP contribution < -0.4 is 0 Å². The topological polar surface area (TPSA) is 43.4 Å². The van der Waals surface area contributed by atoms with Gasteiger partial charge in [-0.05, 0) is 26.0 Å². The zero-order valence-corrected chi connectivity index (χ0v) is 11.5. The molecule has 0 unspecified atom stereocenters. The number of carbonyl (C=O) groups excluding carboxylic acids is 2. The molecule has 1 atom stereocenters. The lowest BCUT2D eigenvalue weighted by atomic mass is 10.1. The molecule has 0 saturated carbocycles. The molecule has 0 aromatic heterocycles. The third-order valence-corrected chi connectivity index (χ3v) is 2.97. The fraction of sp³-hybridized carbons (Fsp3) is 0.176. The molecular weight excluding hydrogens is 252 g/mol. The summed E-state index contributed by atoms with van der Waals surface area (Å²) in [6, 6.07) is 15.9. The van der Waals surface area contributed by atoms with Gasteiger partial charge < -0.3 is 4.74 Å². The molecule has 0 aliphatic carbocycles. The Morgan fingerprint density at radius 3 is 2.25 bits per heavy atom. The van der Waals surface area contributed by atoms with Crippen LogP contribution in [-0.4, -0.2) is 17.9 Å². The van der Waals surface area contributed by atoms with Crippen molar-refractivity contribution in [2.75, 3.05) is 0 Å². The molecule has 3 nitrogen and oxygen atoms in total. The summed E-state index contributed by atoms with van der Waals surface area (Å²) in [5, 5.41) is 0. The molecule has 3 heteroatoms. The minimum absolute atomic E-state index is 0.202. The third-order valence-electron chi connectivity index (χ3n) is 2.97. The van der Waals surface area contributed by atoms with Crippen LogP contribution in [0.1, 0.15) is 33.2 Å². The largest absolute Gasteiger partial charge is 0.451 e. The SMILES string of the molecule is Cc1cccc(C(=O)O[C@@H](C)C(=O)c2ccccc2)c1. The van der Waals surface area contributed by atoms with Crippen LogP contribution in [0.3, 0.4) is 0 Å². The van der Waals surface area contributed by atoms with Crippen molar-refractivity contribution in [3.05, 3.63) is 71.3 Å². The Bertz CT molecular complexity index is 617. The van der Waals surface area contributed by atoms with Gasteiger partial charge in [-0.25, -0.2) is 4.79 Å². The molecule has 2 aromatic rings. The first-order valence-electron chi connectivity index (χ1n) is 6.45. The number of esters is 1. The van der Waals surface area contributed by atoms with E-state index in [0.29, 0.717) is 11.1 Å². The van der Waals surface area contributed by atoms with Gasteiger partial charge in [0.1, 0.15) is 0 Å². The molecule has 0 radical (unpaired) electrons. The summed E-state index contributed by atoms with van der Waals surface area (Å²) >= 11 is 0. The van der Waals surface area contributed by atoms with Crippen LogP contribution in [0.4, 0.5) is 0 Å². The Kier molecular flexibility index (Phi) is 4.31. The normalized spacial score (nSPS) is 11.7. The summed E-state index contributed by atoms with van der Waals surface area (Å²) in [6.07, 6.45) is -0.801. The molecule has 2 aromatic carbocycles. The molecule has 102 valence electrons. The van der Waals surface area contributed by atoms with Crippen molar-refractivity contribution < 1.29 is 14.3 Å². The van der Waals surface area contributed by atoms with Crippen LogP contribution in [0.25, 0.3) is 0 Å². The van der Waals surface area contributed by atoms with Gasteiger partial charge in [-0.3, -0.25) is 4.79 Å². The molecule has 0 spiro atoms. The molecular formula is C17H16O3. The fourth-order valence-electron chi connectivity index (χ4n) is 1.89. The lowest BCUT2D eigenvalue weighted by Gasteiger charge is -2.12. The molecule has 0 aliphatic rings. The van der Waals surface area contributed by atoms with Crippen molar-refractivity contribution >= 4 is 11.8 Å². The van der Waals surface area contributed by atoms with Gasteiger partial charge in [0.05, 0.1) is 5.56 Å². The minimum Gasteiger partial charge on any atom is -0.451 e. The first-order valence-corrected chi connectivity index (χ1v) is 6.45. The molecule has 0 heterocycles. The summed E-state index contributed by atoms with van der Waals surface area (Å²) in [7, 11) is 0. The molecule has 0 N–H and O–H groups in total. The highest BCUT2D eigenvalue weighted by Gasteiger charge is 2.20. The van der Waals surface area contributed by atoms with Gasteiger partial charge in [0.2, 0.25) is 5.78 Å². The molecule has 0 fully saturated rings. The number of benzene rings is 2. The number of ether oxygens (including phenoxy) is 1. The number of carbonyl (C=O) groups is 2. The first kappa shape index (κ1) is 14.0. The summed E-state index contributed by atoms with van der Waals surface area (Å²) in [6.45, 7) is 3.48. The predicted molar refractivity (Wildman–Crippen MR) is 76.8 cm³/mol. The van der Waals surface area contributed by atoms with Crippen LogP contribution in [0.2, 0.25) is 0 Å². The van der Waals surface area contributed by atoms with Crippen molar-refractivity contribution in [3.63, 3.8) is 0 Å². The second-order valence-electron chi connectivity index (χ2n) is 4.65. The highest BCUT2D eigenvalue weighted by molar-refractivity contribution is 6.01. The summed E-state index contributed by atoms with van der Waals surface area (Å²) in [5.74, 6) is -0.683. The van der Waals surface area contributed by atoms with E-state index in [9.17, 15) is 9.59 Å². The van der Waals surface area contributed by atoms with E-state index in [1.807, 2.05) is 19.1 Å². The van der Waals surface area contributed by atoms with E-state index >= 15 is 0 Å². The van der Waals surface area contributed by atoms with E-state index in [2.05, 4.69) is 0 Å². The van der Waals surface area contributed by atoms with E-state index < -0.39 is 12.1 Å². The summed E-state index contributed by atoms with van der Waals surface area (Å²) < 4.78 is 5.22. The van der Waals surface area contributed by atoms with Gasteiger partial charge >= 0.3 is 5.97 Å². The second kappa shape index (κ2) is 6.15. The van der Waals surface area contributed by atoms with E-state index in [1.165, 1.54) is 0 Å². The predicted octanol–water partition coefficient (Wildman–Crippen LogP) is 3.42. The van der Waals surface area contributed by atoms with Crippen molar-refractivity contribution in [2.45, 2.75) is 20.0 Å². The number of aryl methyl sites for hydroxylation is 1. The molecule has 0 aliphatic heterocycles. The van der Waals surface area contributed by atoms with Gasteiger partial charge in [0.25, 0.3) is 0 Å². The monoisotopic (exact) mass is 268 g/mol. The van der Waals surface area contributed by atoms with Gasteiger partial charge in [-0.2, -0.15) is 0 Å². The lowest BCUT2D eigenvalue weighted by Crippen LogP contribution is -2.24. The lowest BCUT2D eigenvalue weighted by molar-refractivity contribution is 0.0318. The van der Waals surface area contributed by atoms with Crippen molar-refractivity contribution in [3.8, 4) is 0 Å². The number of ketones is 1. The average Bonchev–Trinajstić information content (AvgIpc) is 2.47. The molecule has 0 amide bonds. The zero-order chi connectivity index (χ0) is 14.5. The highest BCUT2D eigenvalue weighted by atomic mass is 16.5. The Balaban J connectivity index is 2.06. The van der Waals surface area contributed by atoms with E-state index in [4.69, 9.17) is 4.74 Å². The first-order chi connectivity index (χ1) is 9.58. The zero-order valence-electron chi connectivity index (χ0n) is 11.5. The maximum Gasteiger partial charge on any atom is 0.338 e. The number of Topliss-reactive ketones (excluding diaryl/α,β-unsaturated/α-hetero) is 1. The quantitative estimate of drug-likeness (QED) is 0.630. The molecule has 2 rings (SSSR count). The number of rotatable bonds is 4. The van der Waals surface area contributed by atoms with Crippen LogP contribution in [0.5, 0.6) is 0 Å². The van der Waals surface area contributed by atoms with E-state index in [1.54, 1.807) is 49.4 Å². The molecule has 20 heavy (non-hydrogen) atoms. The van der Waals surface area contributed by atoms with Crippen molar-refractivity contribution in [1.82, 2.24) is 0 Å². The van der Waals surface area contributed by atoms with E-state index in [-0.39, 0.29) is 5.78 Å².